The number of nitriles is 1. The zero-order valence-corrected chi connectivity index (χ0v) is 12.0. The standard InChI is InChI=1S/C14H10F3N3OS/c15-14(16,17)10-6-9(4-3-8(10)7-18)20-12(21)11-2-1-5-19(11)13(20)22/h3-4,6,11H,1-2,5H2. The normalized spacial score (nSPS) is 21.3. The highest BCUT2D eigenvalue weighted by molar-refractivity contribution is 7.80. The molecular weight excluding hydrogens is 315 g/mol. The predicted octanol–water partition coefficient (Wildman–Crippen LogP) is 2.67. The first-order valence-corrected chi connectivity index (χ1v) is 7.01. The number of fused-ring (bicyclic) bond motifs is 1. The number of alkyl halides is 3. The molecule has 4 nitrogen and oxygen atoms in total. The first kappa shape index (κ1) is 14.8. The number of hydrogen-bond donors (Lipinski definition) is 0. The highest BCUT2D eigenvalue weighted by Crippen LogP contribution is 2.37. The fraction of sp³-hybridized carbons (Fsp3) is 0.357. The molecule has 1 amide bonds. The third-order valence-corrected chi connectivity index (χ3v) is 4.30. The summed E-state index contributed by atoms with van der Waals surface area (Å²) in [6.45, 7) is 0.633. The van der Waals surface area contributed by atoms with Gasteiger partial charge in [0.25, 0.3) is 5.91 Å². The summed E-state index contributed by atoms with van der Waals surface area (Å²) in [5, 5.41) is 9.04. The Labute approximate surface area is 129 Å². The lowest BCUT2D eigenvalue weighted by Crippen LogP contribution is -2.33. The Morgan fingerprint density at radius 1 is 1.36 bits per heavy atom. The van der Waals surface area contributed by atoms with Crippen molar-refractivity contribution < 1.29 is 18.0 Å². The Hall–Kier alpha value is -2.14. The Kier molecular flexibility index (Phi) is 3.33. The van der Waals surface area contributed by atoms with E-state index >= 15 is 0 Å². The average Bonchev–Trinajstić information content (AvgIpc) is 3.02. The molecular formula is C14H10F3N3OS. The van der Waals surface area contributed by atoms with E-state index in [-0.39, 0.29) is 22.7 Å². The minimum absolute atomic E-state index is 0.0516. The molecule has 0 N–H and O–H groups in total. The summed E-state index contributed by atoms with van der Waals surface area (Å²) in [4.78, 5) is 15.2. The number of hydrogen-bond acceptors (Lipinski definition) is 3. The summed E-state index contributed by atoms with van der Waals surface area (Å²) < 4.78 is 39.1. The monoisotopic (exact) mass is 325 g/mol. The topological polar surface area (TPSA) is 47.3 Å². The number of halogens is 3. The molecule has 1 aromatic rings. The van der Waals surface area contributed by atoms with Gasteiger partial charge in [-0.25, -0.2) is 0 Å². The van der Waals surface area contributed by atoms with Gasteiger partial charge in [-0.15, -0.1) is 0 Å². The van der Waals surface area contributed by atoms with Crippen molar-refractivity contribution in [2.45, 2.75) is 25.1 Å². The molecule has 114 valence electrons. The number of carbonyl (C=O) groups excluding carboxylic acids is 1. The van der Waals surface area contributed by atoms with E-state index in [2.05, 4.69) is 0 Å². The Bertz CT molecular complexity index is 688. The SMILES string of the molecule is N#Cc1ccc(N2C(=O)C3CCCN3C2=S)cc1C(F)(F)F. The second kappa shape index (κ2) is 4.95. The van der Waals surface area contributed by atoms with Crippen LogP contribution < -0.4 is 4.90 Å². The van der Waals surface area contributed by atoms with Crippen molar-refractivity contribution in [3.8, 4) is 6.07 Å². The Balaban J connectivity index is 2.05. The van der Waals surface area contributed by atoms with E-state index in [0.29, 0.717) is 13.0 Å². The van der Waals surface area contributed by atoms with Crippen LogP contribution in [0.15, 0.2) is 18.2 Å². The lowest BCUT2D eigenvalue weighted by molar-refractivity contribution is -0.137. The van der Waals surface area contributed by atoms with Gasteiger partial charge in [0.1, 0.15) is 6.04 Å². The second-order valence-corrected chi connectivity index (χ2v) is 5.51. The first-order valence-electron chi connectivity index (χ1n) is 6.60. The fourth-order valence-electron chi connectivity index (χ4n) is 2.87. The van der Waals surface area contributed by atoms with E-state index in [1.54, 1.807) is 4.90 Å². The molecule has 0 aliphatic carbocycles. The molecule has 0 spiro atoms. The van der Waals surface area contributed by atoms with Crippen LogP contribution in [0.4, 0.5) is 18.9 Å². The Morgan fingerprint density at radius 2 is 2.09 bits per heavy atom. The van der Waals surface area contributed by atoms with Gasteiger partial charge in [-0.1, -0.05) is 0 Å². The molecule has 0 saturated carbocycles. The summed E-state index contributed by atoms with van der Waals surface area (Å²) in [6, 6.07) is 4.34. The highest BCUT2D eigenvalue weighted by Gasteiger charge is 2.46. The van der Waals surface area contributed by atoms with Crippen LogP contribution in [0.5, 0.6) is 0 Å². The van der Waals surface area contributed by atoms with Crippen LogP contribution in [0.2, 0.25) is 0 Å². The molecule has 2 saturated heterocycles. The lowest BCUT2D eigenvalue weighted by atomic mass is 10.1. The molecule has 0 radical (unpaired) electrons. The van der Waals surface area contributed by atoms with Gasteiger partial charge < -0.3 is 4.90 Å². The molecule has 2 aliphatic rings. The third kappa shape index (κ3) is 2.13. The van der Waals surface area contributed by atoms with Crippen LogP contribution in [-0.2, 0) is 11.0 Å². The van der Waals surface area contributed by atoms with Crippen LogP contribution >= 0.6 is 12.2 Å². The molecule has 8 heteroatoms. The Morgan fingerprint density at radius 3 is 2.68 bits per heavy atom. The maximum absolute atomic E-state index is 13.0. The summed E-state index contributed by atoms with van der Waals surface area (Å²) in [7, 11) is 0. The van der Waals surface area contributed by atoms with Gasteiger partial charge in [0.2, 0.25) is 0 Å². The van der Waals surface area contributed by atoms with Crippen LogP contribution in [0.1, 0.15) is 24.0 Å². The molecule has 2 heterocycles. The van der Waals surface area contributed by atoms with Crippen molar-refractivity contribution >= 4 is 28.9 Å². The van der Waals surface area contributed by atoms with Gasteiger partial charge in [0.15, 0.2) is 5.11 Å². The summed E-state index contributed by atoms with van der Waals surface area (Å²) >= 11 is 5.22. The van der Waals surface area contributed by atoms with Gasteiger partial charge in [0, 0.05) is 6.54 Å². The van der Waals surface area contributed by atoms with Crippen molar-refractivity contribution in [1.29, 1.82) is 5.26 Å². The highest BCUT2D eigenvalue weighted by atomic mass is 32.1. The third-order valence-electron chi connectivity index (χ3n) is 3.88. The van der Waals surface area contributed by atoms with Crippen LogP contribution in [0.3, 0.4) is 0 Å². The van der Waals surface area contributed by atoms with Crippen molar-refractivity contribution in [2.24, 2.45) is 0 Å². The molecule has 3 rings (SSSR count). The predicted molar refractivity (Wildman–Crippen MR) is 76.0 cm³/mol. The smallest absolute Gasteiger partial charge is 0.336 e. The van der Waals surface area contributed by atoms with E-state index in [4.69, 9.17) is 17.5 Å². The maximum atomic E-state index is 13.0. The van der Waals surface area contributed by atoms with Crippen LogP contribution in [0.25, 0.3) is 0 Å². The molecule has 0 aromatic heterocycles. The zero-order valence-electron chi connectivity index (χ0n) is 11.2. The molecule has 2 aliphatic heterocycles. The number of amides is 1. The van der Waals surface area contributed by atoms with Crippen molar-refractivity contribution in [2.75, 3.05) is 11.4 Å². The largest absolute Gasteiger partial charge is 0.417 e. The van der Waals surface area contributed by atoms with Crippen molar-refractivity contribution in [3.05, 3.63) is 29.3 Å². The molecule has 1 unspecified atom stereocenters. The number of nitrogens with zero attached hydrogens (tertiary/aromatic N) is 3. The molecule has 22 heavy (non-hydrogen) atoms. The number of thiocarbonyl (C=S) groups is 1. The molecule has 1 aromatic carbocycles. The first-order chi connectivity index (χ1) is 10.3. The van der Waals surface area contributed by atoms with E-state index < -0.39 is 17.3 Å². The average molecular weight is 325 g/mol. The molecule has 1 atom stereocenters. The summed E-state index contributed by atoms with van der Waals surface area (Å²) in [5.74, 6) is -0.305. The van der Waals surface area contributed by atoms with Crippen molar-refractivity contribution in [3.63, 3.8) is 0 Å². The van der Waals surface area contributed by atoms with Crippen molar-refractivity contribution in [1.82, 2.24) is 4.90 Å². The van der Waals surface area contributed by atoms with Gasteiger partial charge in [-0.3, -0.25) is 9.69 Å². The maximum Gasteiger partial charge on any atom is 0.417 e. The number of rotatable bonds is 1. The quantitative estimate of drug-likeness (QED) is 0.745. The summed E-state index contributed by atoms with van der Waals surface area (Å²) in [5.41, 5.74) is -1.49. The van der Waals surface area contributed by atoms with E-state index in [1.165, 1.54) is 12.1 Å². The van der Waals surface area contributed by atoms with Gasteiger partial charge in [0.05, 0.1) is 22.9 Å². The number of carbonyl (C=O) groups is 1. The summed E-state index contributed by atoms with van der Waals surface area (Å²) in [6.07, 6.45) is -3.18. The number of anilines is 1. The second-order valence-electron chi connectivity index (χ2n) is 5.15. The van der Waals surface area contributed by atoms with Gasteiger partial charge >= 0.3 is 6.18 Å². The molecule has 0 bridgehead atoms. The van der Waals surface area contributed by atoms with E-state index in [0.717, 1.165) is 23.5 Å². The molecule has 2 fully saturated rings. The zero-order chi connectivity index (χ0) is 16.1. The minimum Gasteiger partial charge on any atom is -0.336 e. The minimum atomic E-state index is -4.67. The van der Waals surface area contributed by atoms with Crippen LogP contribution in [0, 0.1) is 11.3 Å². The van der Waals surface area contributed by atoms with Crippen LogP contribution in [-0.4, -0.2) is 28.5 Å². The fourth-order valence-corrected chi connectivity index (χ4v) is 3.28. The van der Waals surface area contributed by atoms with E-state index in [9.17, 15) is 18.0 Å². The van der Waals surface area contributed by atoms with Gasteiger partial charge in [-0.05, 0) is 43.3 Å². The lowest BCUT2D eigenvalue weighted by Gasteiger charge is -2.20. The van der Waals surface area contributed by atoms with Gasteiger partial charge in [-0.2, -0.15) is 18.4 Å². The van der Waals surface area contributed by atoms with E-state index in [1.807, 2.05) is 0 Å². The number of benzene rings is 1.